The van der Waals surface area contributed by atoms with Crippen molar-refractivity contribution >= 4 is 23.1 Å². The number of hydrogen-bond acceptors (Lipinski definition) is 4. The fraction of sp³-hybridized carbons (Fsp3) is 0.214. The number of aryl methyl sites for hydroxylation is 3. The number of nitrogens with zero attached hydrogens (tertiary/aromatic N) is 1. The lowest BCUT2D eigenvalue weighted by atomic mass is 9.94. The average Bonchev–Trinajstić information content (AvgIpc) is 3.07. The maximum Gasteiger partial charge on any atom is 0.300 e. The SMILES string of the molecule is CCOc1ccc(C2/C(=C(/O)c3ccc(C)c(C)c3)C(=O)C(=O)N2c2ccc(C)cc2)cc1. The molecule has 1 atom stereocenters. The predicted octanol–water partition coefficient (Wildman–Crippen LogP) is 5.64. The van der Waals surface area contributed by atoms with Crippen LogP contribution in [0.4, 0.5) is 5.69 Å². The van der Waals surface area contributed by atoms with Gasteiger partial charge in [0.1, 0.15) is 11.5 Å². The summed E-state index contributed by atoms with van der Waals surface area (Å²) in [6.07, 6.45) is 0. The third-order valence-electron chi connectivity index (χ3n) is 6.04. The van der Waals surface area contributed by atoms with E-state index in [1.54, 1.807) is 6.07 Å². The van der Waals surface area contributed by atoms with Crippen molar-refractivity contribution in [3.63, 3.8) is 0 Å². The van der Waals surface area contributed by atoms with Crippen molar-refractivity contribution in [1.82, 2.24) is 0 Å². The van der Waals surface area contributed by atoms with Gasteiger partial charge in [-0.2, -0.15) is 0 Å². The second kappa shape index (κ2) is 8.94. The Morgan fingerprint density at radius 1 is 0.909 bits per heavy atom. The van der Waals surface area contributed by atoms with E-state index in [-0.39, 0.29) is 11.3 Å². The molecule has 1 heterocycles. The third-order valence-corrected chi connectivity index (χ3v) is 6.04. The molecule has 0 aromatic heterocycles. The Morgan fingerprint density at radius 3 is 2.18 bits per heavy atom. The van der Waals surface area contributed by atoms with Crippen molar-refractivity contribution in [2.45, 2.75) is 33.7 Å². The normalized spacial score (nSPS) is 17.5. The molecule has 1 unspecified atom stereocenters. The van der Waals surface area contributed by atoms with Crippen LogP contribution < -0.4 is 9.64 Å². The number of carbonyl (C=O) groups excluding carboxylic acids is 2. The van der Waals surface area contributed by atoms with Gasteiger partial charge in [0.15, 0.2) is 0 Å². The summed E-state index contributed by atoms with van der Waals surface area (Å²) in [7, 11) is 0. The first kappa shape index (κ1) is 22.3. The van der Waals surface area contributed by atoms with Gasteiger partial charge in [-0.05, 0) is 74.7 Å². The first-order valence-corrected chi connectivity index (χ1v) is 11.0. The predicted molar refractivity (Wildman–Crippen MR) is 129 cm³/mol. The molecule has 1 fully saturated rings. The second-order valence-corrected chi connectivity index (χ2v) is 8.31. The Labute approximate surface area is 193 Å². The average molecular weight is 442 g/mol. The Morgan fingerprint density at radius 2 is 1.58 bits per heavy atom. The van der Waals surface area contributed by atoms with Gasteiger partial charge in [0.2, 0.25) is 0 Å². The quantitative estimate of drug-likeness (QED) is 0.316. The minimum Gasteiger partial charge on any atom is -0.507 e. The molecule has 1 N–H and O–H groups in total. The van der Waals surface area contributed by atoms with Crippen LogP contribution in [0.2, 0.25) is 0 Å². The van der Waals surface area contributed by atoms with E-state index in [0.29, 0.717) is 29.2 Å². The third kappa shape index (κ3) is 4.14. The Kier molecular flexibility index (Phi) is 6.05. The van der Waals surface area contributed by atoms with E-state index in [1.807, 2.05) is 88.4 Å². The highest BCUT2D eigenvalue weighted by Crippen LogP contribution is 2.42. The summed E-state index contributed by atoms with van der Waals surface area (Å²) < 4.78 is 5.55. The van der Waals surface area contributed by atoms with Crippen molar-refractivity contribution in [2.24, 2.45) is 0 Å². The van der Waals surface area contributed by atoms with Crippen LogP contribution in [0.25, 0.3) is 5.76 Å². The lowest BCUT2D eigenvalue weighted by Gasteiger charge is -2.25. The van der Waals surface area contributed by atoms with Gasteiger partial charge in [-0.3, -0.25) is 14.5 Å². The highest BCUT2D eigenvalue weighted by molar-refractivity contribution is 6.51. The summed E-state index contributed by atoms with van der Waals surface area (Å²) in [5, 5.41) is 11.3. The van der Waals surface area contributed by atoms with E-state index in [1.165, 1.54) is 4.90 Å². The molecular formula is C28H27NO4. The van der Waals surface area contributed by atoms with Crippen LogP contribution in [0, 0.1) is 20.8 Å². The fourth-order valence-corrected chi connectivity index (χ4v) is 4.08. The Balaban J connectivity index is 1.91. The topological polar surface area (TPSA) is 66.8 Å². The van der Waals surface area contributed by atoms with Crippen LogP contribution >= 0.6 is 0 Å². The van der Waals surface area contributed by atoms with E-state index in [9.17, 15) is 14.7 Å². The minimum atomic E-state index is -0.759. The molecule has 0 spiro atoms. The molecule has 1 aliphatic rings. The highest BCUT2D eigenvalue weighted by atomic mass is 16.5. The molecule has 5 nitrogen and oxygen atoms in total. The Bertz CT molecular complexity index is 1240. The van der Waals surface area contributed by atoms with Crippen LogP contribution in [-0.4, -0.2) is 23.4 Å². The number of amides is 1. The Hall–Kier alpha value is -3.86. The van der Waals surface area contributed by atoms with Crippen molar-refractivity contribution in [3.8, 4) is 5.75 Å². The van der Waals surface area contributed by atoms with E-state index in [2.05, 4.69) is 0 Å². The lowest BCUT2D eigenvalue weighted by molar-refractivity contribution is -0.132. The van der Waals surface area contributed by atoms with Crippen LogP contribution in [-0.2, 0) is 9.59 Å². The van der Waals surface area contributed by atoms with Gasteiger partial charge < -0.3 is 9.84 Å². The summed E-state index contributed by atoms with van der Waals surface area (Å²) in [5.74, 6) is -0.846. The number of rotatable bonds is 5. The van der Waals surface area contributed by atoms with E-state index >= 15 is 0 Å². The molecular weight excluding hydrogens is 414 g/mol. The molecule has 1 aliphatic heterocycles. The van der Waals surface area contributed by atoms with Crippen molar-refractivity contribution < 1.29 is 19.4 Å². The van der Waals surface area contributed by atoms with E-state index < -0.39 is 17.7 Å². The van der Waals surface area contributed by atoms with Gasteiger partial charge in [-0.25, -0.2) is 0 Å². The molecule has 168 valence electrons. The first-order valence-electron chi connectivity index (χ1n) is 11.0. The summed E-state index contributed by atoms with van der Waals surface area (Å²) >= 11 is 0. The zero-order valence-corrected chi connectivity index (χ0v) is 19.3. The van der Waals surface area contributed by atoms with Gasteiger partial charge >= 0.3 is 0 Å². The van der Waals surface area contributed by atoms with Gasteiger partial charge in [-0.15, -0.1) is 0 Å². The number of aliphatic hydroxyl groups excluding tert-OH is 1. The fourth-order valence-electron chi connectivity index (χ4n) is 4.08. The summed E-state index contributed by atoms with van der Waals surface area (Å²) in [6, 6.07) is 19.4. The van der Waals surface area contributed by atoms with E-state index in [0.717, 1.165) is 16.7 Å². The van der Waals surface area contributed by atoms with Crippen LogP contribution in [0.3, 0.4) is 0 Å². The zero-order valence-electron chi connectivity index (χ0n) is 19.3. The number of ether oxygens (including phenoxy) is 1. The maximum atomic E-state index is 13.2. The summed E-state index contributed by atoms with van der Waals surface area (Å²) in [6.45, 7) is 8.33. The molecule has 4 rings (SSSR count). The molecule has 3 aromatic carbocycles. The van der Waals surface area contributed by atoms with Crippen LogP contribution in [0.1, 0.15) is 40.8 Å². The number of anilines is 1. The van der Waals surface area contributed by atoms with Gasteiger partial charge in [-0.1, -0.05) is 42.0 Å². The molecule has 3 aromatic rings. The molecule has 1 saturated heterocycles. The molecule has 0 bridgehead atoms. The smallest absolute Gasteiger partial charge is 0.300 e. The van der Waals surface area contributed by atoms with Gasteiger partial charge in [0, 0.05) is 11.3 Å². The summed E-state index contributed by atoms with van der Waals surface area (Å²) in [4.78, 5) is 27.9. The standard InChI is InChI=1S/C28H27NO4/c1-5-33-23-14-10-20(11-15-23)25-24(26(30)21-9-8-18(3)19(4)16-21)27(31)28(32)29(25)22-12-6-17(2)7-13-22/h6-16,25,30H,5H2,1-4H3/b26-24-. The number of aliphatic hydroxyl groups is 1. The van der Waals surface area contributed by atoms with Gasteiger partial charge in [0.05, 0.1) is 18.2 Å². The van der Waals surface area contributed by atoms with Crippen molar-refractivity contribution in [3.05, 3.63) is 100 Å². The summed E-state index contributed by atoms with van der Waals surface area (Å²) in [5.41, 5.74) is 5.01. The number of Topliss-reactive ketones (excluding diaryl/α,β-unsaturated/α-hetero) is 1. The highest BCUT2D eigenvalue weighted by Gasteiger charge is 2.46. The zero-order chi connectivity index (χ0) is 23.7. The molecule has 1 amide bonds. The molecule has 33 heavy (non-hydrogen) atoms. The molecule has 0 saturated carbocycles. The number of ketones is 1. The van der Waals surface area contributed by atoms with E-state index in [4.69, 9.17) is 4.74 Å². The van der Waals surface area contributed by atoms with Gasteiger partial charge in [0.25, 0.3) is 11.7 Å². The first-order chi connectivity index (χ1) is 15.8. The minimum absolute atomic E-state index is 0.0768. The van der Waals surface area contributed by atoms with Crippen molar-refractivity contribution in [2.75, 3.05) is 11.5 Å². The largest absolute Gasteiger partial charge is 0.507 e. The number of hydrogen-bond donors (Lipinski definition) is 1. The van der Waals surface area contributed by atoms with Crippen molar-refractivity contribution in [1.29, 1.82) is 0 Å². The molecule has 5 heteroatoms. The lowest BCUT2D eigenvalue weighted by Crippen LogP contribution is -2.29. The number of benzene rings is 3. The monoisotopic (exact) mass is 441 g/mol. The molecule has 0 radical (unpaired) electrons. The maximum absolute atomic E-state index is 13.2. The number of carbonyl (C=O) groups is 2. The van der Waals surface area contributed by atoms with Crippen LogP contribution in [0.5, 0.6) is 5.75 Å². The second-order valence-electron chi connectivity index (χ2n) is 8.31. The van der Waals surface area contributed by atoms with Crippen LogP contribution in [0.15, 0.2) is 72.3 Å². The molecule has 0 aliphatic carbocycles.